The van der Waals surface area contributed by atoms with Gasteiger partial charge in [-0.05, 0) is 53.3 Å². The summed E-state index contributed by atoms with van der Waals surface area (Å²) in [6, 6.07) is 18.2. The maximum atomic E-state index is 15.0. The fourth-order valence-electron chi connectivity index (χ4n) is 7.29. The molecular formula is C43H63F3O7Si2. The van der Waals surface area contributed by atoms with Gasteiger partial charge >= 0.3 is 12.1 Å². The van der Waals surface area contributed by atoms with Gasteiger partial charge in [-0.15, -0.1) is 0 Å². The Hall–Kier alpha value is -3.33. The van der Waals surface area contributed by atoms with Gasteiger partial charge in [-0.1, -0.05) is 123 Å². The van der Waals surface area contributed by atoms with Crippen LogP contribution in [0.5, 0.6) is 17.2 Å². The first-order chi connectivity index (χ1) is 25.5. The molecule has 0 aliphatic heterocycles. The minimum absolute atomic E-state index is 0.0131. The molecule has 0 aliphatic carbocycles. The molecule has 0 bridgehead atoms. The van der Waals surface area contributed by atoms with Gasteiger partial charge in [0.05, 0.1) is 20.3 Å². The Kier molecular flexibility index (Phi) is 15.3. The number of alkyl halides is 3. The van der Waals surface area contributed by atoms with Crippen LogP contribution >= 0.6 is 0 Å². The summed E-state index contributed by atoms with van der Waals surface area (Å²) < 4.78 is 82.4. The molecule has 0 N–H and O–H groups in total. The van der Waals surface area contributed by atoms with Crippen LogP contribution in [0.25, 0.3) is 0 Å². The topological polar surface area (TPSA) is 72.5 Å². The molecule has 306 valence electrons. The molecule has 3 rings (SSSR count). The molecule has 0 unspecified atom stereocenters. The van der Waals surface area contributed by atoms with Crippen molar-refractivity contribution < 1.29 is 45.8 Å². The quantitative estimate of drug-likeness (QED) is 0.0936. The van der Waals surface area contributed by atoms with E-state index in [0.29, 0.717) is 28.4 Å². The SMILES string of the molecule is COc1c(O[Si](C)(C)C(C)(C)C)cc([C@H](COCc2ccccc2)COC(=O)[C@@](OC)(c2ccccc2)C(F)(F)F)c(O[Si](C(C)C)(C(C)C)C(C)C)c1C. The van der Waals surface area contributed by atoms with Gasteiger partial charge < -0.3 is 27.8 Å². The van der Waals surface area contributed by atoms with Gasteiger partial charge in [0.2, 0.25) is 0 Å². The molecule has 2 atom stereocenters. The fraction of sp³-hybridized carbons (Fsp3) is 0.558. The molecular weight excluding hydrogens is 742 g/mol. The second kappa shape index (κ2) is 18.3. The summed E-state index contributed by atoms with van der Waals surface area (Å²) in [6.45, 7) is 25.4. The molecule has 0 spiro atoms. The van der Waals surface area contributed by atoms with Gasteiger partial charge in [-0.25, -0.2) is 4.79 Å². The maximum absolute atomic E-state index is 15.0. The van der Waals surface area contributed by atoms with E-state index in [9.17, 15) is 18.0 Å². The third-order valence-corrected chi connectivity index (χ3v) is 21.6. The van der Waals surface area contributed by atoms with E-state index in [1.54, 1.807) is 13.2 Å². The van der Waals surface area contributed by atoms with Gasteiger partial charge in [0, 0.05) is 29.7 Å². The molecule has 0 fully saturated rings. The monoisotopic (exact) mass is 804 g/mol. The average Bonchev–Trinajstić information content (AvgIpc) is 3.09. The third-order valence-electron chi connectivity index (χ3n) is 11.3. The smallest absolute Gasteiger partial charge is 0.432 e. The molecule has 55 heavy (non-hydrogen) atoms. The first-order valence-electron chi connectivity index (χ1n) is 19.1. The summed E-state index contributed by atoms with van der Waals surface area (Å²) in [6.07, 6.45) is -5.13. The molecule has 0 saturated heterocycles. The Balaban J connectivity index is 2.33. The van der Waals surface area contributed by atoms with E-state index in [1.807, 2.05) is 43.3 Å². The first-order valence-corrected chi connectivity index (χ1v) is 24.1. The molecule has 0 aromatic heterocycles. The number of hydrogen-bond donors (Lipinski definition) is 0. The van der Waals surface area contributed by atoms with Crippen LogP contribution in [0.15, 0.2) is 66.7 Å². The maximum Gasteiger partial charge on any atom is 0.432 e. The van der Waals surface area contributed by atoms with Crippen molar-refractivity contribution in [2.24, 2.45) is 0 Å². The molecule has 12 heteroatoms. The Morgan fingerprint density at radius 3 is 1.75 bits per heavy atom. The number of ether oxygens (including phenoxy) is 4. The Labute approximate surface area is 329 Å². The highest BCUT2D eigenvalue weighted by Gasteiger charge is 2.64. The van der Waals surface area contributed by atoms with Crippen molar-refractivity contribution in [1.82, 2.24) is 0 Å². The highest BCUT2D eigenvalue weighted by Crippen LogP contribution is 2.51. The van der Waals surface area contributed by atoms with E-state index in [0.717, 1.165) is 12.7 Å². The van der Waals surface area contributed by atoms with Crippen LogP contribution < -0.4 is 13.6 Å². The van der Waals surface area contributed by atoms with Crippen LogP contribution in [0.3, 0.4) is 0 Å². The minimum Gasteiger partial charge on any atom is -0.542 e. The molecule has 7 nitrogen and oxygen atoms in total. The van der Waals surface area contributed by atoms with Crippen LogP contribution in [0.1, 0.15) is 90.5 Å². The Bertz CT molecular complexity index is 1670. The summed E-state index contributed by atoms with van der Waals surface area (Å²) in [4.78, 5) is 13.9. The fourth-order valence-corrected chi connectivity index (χ4v) is 13.6. The molecule has 3 aromatic carbocycles. The lowest BCUT2D eigenvalue weighted by atomic mass is 9.92. The van der Waals surface area contributed by atoms with Gasteiger partial charge in [0.25, 0.3) is 22.2 Å². The predicted molar refractivity (Wildman–Crippen MR) is 218 cm³/mol. The summed E-state index contributed by atoms with van der Waals surface area (Å²) in [7, 11) is -2.65. The van der Waals surface area contributed by atoms with E-state index in [-0.39, 0.29) is 40.4 Å². The van der Waals surface area contributed by atoms with Crippen molar-refractivity contribution in [3.8, 4) is 17.2 Å². The zero-order chi connectivity index (χ0) is 41.6. The number of benzene rings is 3. The number of halogens is 3. The van der Waals surface area contributed by atoms with E-state index < -0.39 is 46.9 Å². The summed E-state index contributed by atoms with van der Waals surface area (Å²) in [5, 5.41) is -0.164. The van der Waals surface area contributed by atoms with Gasteiger partial charge in [-0.2, -0.15) is 13.2 Å². The Morgan fingerprint density at radius 2 is 1.29 bits per heavy atom. The van der Waals surface area contributed by atoms with Crippen molar-refractivity contribution >= 4 is 22.6 Å². The average molecular weight is 805 g/mol. The number of methoxy groups -OCH3 is 2. The van der Waals surface area contributed by atoms with Crippen molar-refractivity contribution in [3.63, 3.8) is 0 Å². The summed E-state index contributed by atoms with van der Waals surface area (Å²) in [5.74, 6) is -0.815. The predicted octanol–water partition coefficient (Wildman–Crippen LogP) is 11.9. The van der Waals surface area contributed by atoms with Crippen molar-refractivity contribution in [1.29, 1.82) is 0 Å². The second-order valence-corrected chi connectivity index (χ2v) is 26.9. The molecule has 0 radical (unpaired) electrons. The standard InChI is InChI=1S/C43H63F3O7Si2/c1-29(2)55(30(3)4,31(5)6)53-38-32(7)39(48-11)37(52-54(13,14)41(8,9)10)25-36(38)34(27-50-26-33-21-17-15-18-22-33)28-51-40(47)42(49-12,43(44,45)46)35-23-19-16-20-24-35/h15-25,29-31,34H,26-28H2,1-14H3/t34-,42+/m1/s1. The molecule has 0 amide bonds. The number of carbonyl (C=O) groups excluding carboxylic acids is 1. The summed E-state index contributed by atoms with van der Waals surface area (Å²) in [5.41, 5.74) is -0.960. The largest absolute Gasteiger partial charge is 0.542 e. The zero-order valence-electron chi connectivity index (χ0n) is 35.3. The lowest BCUT2D eigenvalue weighted by molar-refractivity contribution is -0.276. The molecule has 0 saturated carbocycles. The zero-order valence-corrected chi connectivity index (χ0v) is 37.3. The minimum atomic E-state index is -5.13. The normalized spacial score (nSPS) is 14.5. The lowest BCUT2D eigenvalue weighted by Gasteiger charge is -2.44. The number of esters is 1. The molecule has 0 heterocycles. The number of hydrogen-bond acceptors (Lipinski definition) is 7. The number of carbonyl (C=O) groups is 1. The Morgan fingerprint density at radius 1 is 0.764 bits per heavy atom. The van der Waals surface area contributed by atoms with E-state index >= 15 is 0 Å². The van der Waals surface area contributed by atoms with Crippen LogP contribution in [-0.2, 0) is 31.2 Å². The van der Waals surface area contributed by atoms with Gasteiger partial charge in [0.1, 0.15) is 18.1 Å². The first kappa shape index (κ1) is 46.1. The van der Waals surface area contributed by atoms with E-state index in [1.165, 1.54) is 24.3 Å². The second-order valence-electron chi connectivity index (χ2n) is 16.8. The number of rotatable bonds is 18. The van der Waals surface area contributed by atoms with Crippen molar-refractivity contribution in [2.45, 2.75) is 128 Å². The van der Waals surface area contributed by atoms with Gasteiger partial charge in [0.15, 0.2) is 5.75 Å². The van der Waals surface area contributed by atoms with Crippen LogP contribution in [0, 0.1) is 6.92 Å². The molecule has 0 aliphatic rings. The van der Waals surface area contributed by atoms with Crippen LogP contribution in [-0.4, -0.2) is 56.2 Å². The molecule has 3 aromatic rings. The van der Waals surface area contributed by atoms with Crippen molar-refractivity contribution in [3.05, 3.63) is 89.0 Å². The van der Waals surface area contributed by atoms with Crippen molar-refractivity contribution in [2.75, 3.05) is 27.4 Å². The van der Waals surface area contributed by atoms with Gasteiger partial charge in [-0.3, -0.25) is 0 Å². The van der Waals surface area contributed by atoms with Crippen LogP contribution in [0.4, 0.5) is 13.2 Å². The summed E-state index contributed by atoms with van der Waals surface area (Å²) >= 11 is 0. The highest BCUT2D eigenvalue weighted by atomic mass is 28.4. The highest BCUT2D eigenvalue weighted by molar-refractivity contribution is 6.78. The lowest BCUT2D eigenvalue weighted by Crippen LogP contribution is -2.52. The third kappa shape index (κ3) is 9.80. The van der Waals surface area contributed by atoms with E-state index in [2.05, 4.69) is 75.4 Å². The van der Waals surface area contributed by atoms with Crippen LogP contribution in [0.2, 0.25) is 34.8 Å². The van der Waals surface area contributed by atoms with E-state index in [4.69, 9.17) is 27.8 Å².